The van der Waals surface area contributed by atoms with E-state index in [1.54, 1.807) is 24.4 Å². The SMILES string of the molecule is CC(C)N[C@@H]1C[C@H](CO)N(C2=NC(=O)C(=Cc3ccc4c(cnn4Cc4ccc(Cl)cc4C(F)(F)F)c3)S2)C1. The molecule has 39 heavy (non-hydrogen) atoms. The van der Waals surface area contributed by atoms with Crippen LogP contribution in [0.25, 0.3) is 17.0 Å². The van der Waals surface area contributed by atoms with Crippen LogP contribution < -0.4 is 5.32 Å². The molecule has 206 valence electrons. The lowest BCUT2D eigenvalue weighted by molar-refractivity contribution is -0.138. The summed E-state index contributed by atoms with van der Waals surface area (Å²) in [4.78, 5) is 19.4. The van der Waals surface area contributed by atoms with Crippen LogP contribution in [-0.4, -0.2) is 62.1 Å². The molecule has 2 N–H and O–H groups in total. The summed E-state index contributed by atoms with van der Waals surface area (Å²) >= 11 is 7.08. The zero-order valence-corrected chi connectivity index (χ0v) is 22.8. The normalized spacial score (nSPS) is 21.1. The molecule has 2 aliphatic rings. The fourth-order valence-corrected chi connectivity index (χ4v) is 6.19. The molecule has 0 unspecified atom stereocenters. The number of aromatic nitrogens is 2. The van der Waals surface area contributed by atoms with Gasteiger partial charge in [0.2, 0.25) is 0 Å². The number of hydrogen-bond acceptors (Lipinski definition) is 6. The number of likely N-dealkylation sites (tertiary alicyclic amines) is 1. The Balaban J connectivity index is 1.34. The predicted molar refractivity (Wildman–Crippen MR) is 148 cm³/mol. The summed E-state index contributed by atoms with van der Waals surface area (Å²) in [5.41, 5.74) is 0.681. The van der Waals surface area contributed by atoms with Gasteiger partial charge in [0.05, 0.1) is 41.4 Å². The Hall–Kier alpha value is -2.86. The second-order valence-corrected chi connectivity index (χ2v) is 11.4. The first-order chi connectivity index (χ1) is 18.5. The molecule has 0 saturated carbocycles. The molecule has 1 saturated heterocycles. The summed E-state index contributed by atoms with van der Waals surface area (Å²) < 4.78 is 42.1. The first kappa shape index (κ1) is 27.7. The highest BCUT2D eigenvalue weighted by molar-refractivity contribution is 8.18. The number of carbonyl (C=O) groups excluding carboxylic acids is 1. The zero-order chi connectivity index (χ0) is 27.9. The molecule has 3 heterocycles. The standard InChI is InChI=1S/C27H27ClF3N5O2S/c1-15(2)33-20-10-21(14-37)35(13-20)26-34-25(38)24(39-26)8-16-3-6-23-18(7-16)11-32-36(23)12-17-4-5-19(28)9-22(17)27(29,30)31/h3-9,11,15,20-21,33,37H,10,12-14H2,1-2H3/t20-,21-/m1/s1. The van der Waals surface area contributed by atoms with E-state index in [1.165, 1.54) is 28.6 Å². The quantitative estimate of drug-likeness (QED) is 0.394. The highest BCUT2D eigenvalue weighted by Gasteiger charge is 2.37. The third-order valence-corrected chi connectivity index (χ3v) is 7.97. The van der Waals surface area contributed by atoms with Gasteiger partial charge in [0.15, 0.2) is 5.17 Å². The molecule has 1 aromatic heterocycles. The van der Waals surface area contributed by atoms with E-state index in [1.807, 2.05) is 11.0 Å². The molecule has 2 atom stereocenters. The molecule has 2 aromatic carbocycles. The van der Waals surface area contributed by atoms with E-state index in [-0.39, 0.29) is 41.7 Å². The number of hydrogen-bond donors (Lipinski definition) is 2. The van der Waals surface area contributed by atoms with Gasteiger partial charge in [0.25, 0.3) is 5.91 Å². The number of fused-ring (bicyclic) bond motifs is 1. The average Bonchev–Trinajstić information content (AvgIpc) is 3.56. The van der Waals surface area contributed by atoms with E-state index in [0.717, 1.165) is 23.4 Å². The fraction of sp³-hybridized carbons (Fsp3) is 0.370. The third-order valence-electron chi connectivity index (χ3n) is 6.71. The minimum atomic E-state index is -4.53. The highest BCUT2D eigenvalue weighted by Crippen LogP contribution is 2.36. The van der Waals surface area contributed by atoms with E-state index in [4.69, 9.17) is 11.6 Å². The third kappa shape index (κ3) is 6.01. The lowest BCUT2D eigenvalue weighted by Gasteiger charge is -2.23. The Labute approximate surface area is 232 Å². The maximum absolute atomic E-state index is 13.5. The predicted octanol–water partition coefficient (Wildman–Crippen LogP) is 5.16. The van der Waals surface area contributed by atoms with Crippen molar-refractivity contribution < 1.29 is 23.1 Å². The first-order valence-corrected chi connectivity index (χ1v) is 13.7. The monoisotopic (exact) mass is 577 g/mol. The summed E-state index contributed by atoms with van der Waals surface area (Å²) in [7, 11) is 0. The number of benzene rings is 2. The van der Waals surface area contributed by atoms with Crippen LogP contribution in [0.4, 0.5) is 13.2 Å². The average molecular weight is 578 g/mol. The van der Waals surface area contributed by atoms with Gasteiger partial charge >= 0.3 is 6.18 Å². The Morgan fingerprint density at radius 3 is 2.77 bits per heavy atom. The zero-order valence-electron chi connectivity index (χ0n) is 21.2. The van der Waals surface area contributed by atoms with Crippen LogP contribution in [0.2, 0.25) is 5.02 Å². The summed E-state index contributed by atoms with van der Waals surface area (Å²) in [6.45, 7) is 4.70. The van der Waals surface area contributed by atoms with Gasteiger partial charge in [-0.1, -0.05) is 37.6 Å². The molecule has 1 fully saturated rings. The number of amides is 1. The Morgan fingerprint density at radius 2 is 2.05 bits per heavy atom. The van der Waals surface area contributed by atoms with Crippen molar-refractivity contribution in [3.05, 3.63) is 69.2 Å². The van der Waals surface area contributed by atoms with Crippen molar-refractivity contribution in [2.24, 2.45) is 4.99 Å². The maximum Gasteiger partial charge on any atom is 0.416 e. The van der Waals surface area contributed by atoms with Gasteiger partial charge in [0.1, 0.15) is 0 Å². The van der Waals surface area contributed by atoms with Crippen LogP contribution in [0.15, 0.2) is 52.5 Å². The fourth-order valence-electron chi connectivity index (χ4n) is 5.02. The summed E-state index contributed by atoms with van der Waals surface area (Å²) in [5, 5.41) is 19.0. The number of aliphatic hydroxyl groups excluding tert-OH is 1. The van der Waals surface area contributed by atoms with Crippen molar-refractivity contribution >= 4 is 51.4 Å². The number of thioether (sulfide) groups is 1. The Kier molecular flexibility index (Phi) is 7.78. The molecule has 7 nitrogen and oxygen atoms in total. The number of carbonyl (C=O) groups is 1. The van der Waals surface area contributed by atoms with E-state index < -0.39 is 11.7 Å². The number of aliphatic hydroxyl groups is 1. The van der Waals surface area contributed by atoms with E-state index >= 15 is 0 Å². The molecule has 0 spiro atoms. The van der Waals surface area contributed by atoms with Crippen molar-refractivity contribution in [3.8, 4) is 0 Å². The van der Waals surface area contributed by atoms with Crippen LogP contribution in [-0.2, 0) is 17.5 Å². The Bertz CT molecular complexity index is 1470. The van der Waals surface area contributed by atoms with Crippen LogP contribution in [0.5, 0.6) is 0 Å². The van der Waals surface area contributed by atoms with Gasteiger partial charge in [-0.05, 0) is 59.7 Å². The molecule has 0 bridgehead atoms. The first-order valence-electron chi connectivity index (χ1n) is 12.5. The topological polar surface area (TPSA) is 82.8 Å². The van der Waals surface area contributed by atoms with Gasteiger partial charge in [-0.2, -0.15) is 23.3 Å². The second kappa shape index (κ2) is 11.0. The largest absolute Gasteiger partial charge is 0.416 e. The van der Waals surface area contributed by atoms with Crippen molar-refractivity contribution in [2.75, 3.05) is 13.2 Å². The number of rotatable bonds is 6. The summed E-state index contributed by atoms with van der Waals surface area (Å²) in [6, 6.07) is 9.51. The molecule has 2 aliphatic heterocycles. The second-order valence-electron chi connectivity index (χ2n) is 9.97. The molecular weight excluding hydrogens is 551 g/mol. The van der Waals surface area contributed by atoms with Gasteiger partial charge in [-0.3, -0.25) is 9.48 Å². The van der Waals surface area contributed by atoms with E-state index in [9.17, 15) is 23.1 Å². The molecule has 3 aromatic rings. The molecule has 12 heteroatoms. The van der Waals surface area contributed by atoms with Gasteiger partial charge in [-0.15, -0.1) is 0 Å². The minimum absolute atomic E-state index is 0.0178. The smallest absolute Gasteiger partial charge is 0.394 e. The molecule has 0 aliphatic carbocycles. The van der Waals surface area contributed by atoms with Crippen molar-refractivity contribution in [2.45, 2.75) is 51.1 Å². The number of halogens is 4. The minimum Gasteiger partial charge on any atom is -0.394 e. The van der Waals surface area contributed by atoms with Crippen molar-refractivity contribution in [1.82, 2.24) is 20.0 Å². The van der Waals surface area contributed by atoms with Crippen molar-refractivity contribution in [3.63, 3.8) is 0 Å². The molecule has 0 radical (unpaired) electrons. The van der Waals surface area contributed by atoms with Gasteiger partial charge in [0, 0.05) is 29.0 Å². The Morgan fingerprint density at radius 1 is 1.26 bits per heavy atom. The highest BCUT2D eigenvalue weighted by atomic mass is 35.5. The van der Waals surface area contributed by atoms with Gasteiger partial charge in [-0.25, -0.2) is 0 Å². The lowest BCUT2D eigenvalue weighted by Crippen LogP contribution is -2.38. The summed E-state index contributed by atoms with van der Waals surface area (Å²) in [6.07, 6.45) is -0.436. The lowest BCUT2D eigenvalue weighted by atomic mass is 10.1. The molecule has 5 rings (SSSR count). The number of nitrogens with zero attached hydrogens (tertiary/aromatic N) is 4. The maximum atomic E-state index is 13.5. The van der Waals surface area contributed by atoms with E-state index in [0.29, 0.717) is 28.2 Å². The number of amidine groups is 1. The van der Waals surface area contributed by atoms with Crippen LogP contribution in [0.3, 0.4) is 0 Å². The number of alkyl halides is 3. The number of aliphatic imine (C=N–C) groups is 1. The molecular formula is C27H27ClF3N5O2S. The van der Waals surface area contributed by atoms with Crippen LogP contribution in [0.1, 0.15) is 37.0 Å². The van der Waals surface area contributed by atoms with Crippen molar-refractivity contribution in [1.29, 1.82) is 0 Å². The van der Waals surface area contributed by atoms with E-state index in [2.05, 4.69) is 29.3 Å². The number of nitrogens with one attached hydrogen (secondary N) is 1. The molecule has 1 amide bonds. The summed E-state index contributed by atoms with van der Waals surface area (Å²) in [5.74, 6) is -0.342. The van der Waals surface area contributed by atoms with Crippen LogP contribution >= 0.6 is 23.4 Å². The van der Waals surface area contributed by atoms with Crippen LogP contribution in [0, 0.1) is 0 Å². The van der Waals surface area contributed by atoms with Gasteiger partial charge < -0.3 is 15.3 Å².